The fraction of sp³-hybridized carbons (Fsp3) is 0.938. The van der Waals surface area contributed by atoms with Gasteiger partial charge >= 0.3 is 5.97 Å². The van der Waals surface area contributed by atoms with Gasteiger partial charge in [0.25, 0.3) is 0 Å². The smallest absolute Gasteiger partial charge is 0.321 e. The largest absolute Gasteiger partial charge is 0.480 e. The van der Waals surface area contributed by atoms with Crippen molar-refractivity contribution >= 4 is 5.97 Å². The summed E-state index contributed by atoms with van der Waals surface area (Å²) in [5, 5.41) is 9.45. The number of aliphatic carboxylic acids is 1. The first-order valence-electron chi connectivity index (χ1n) is 7.97. The zero-order valence-corrected chi connectivity index (χ0v) is 12.6. The van der Waals surface area contributed by atoms with Gasteiger partial charge in [-0.2, -0.15) is 0 Å². The summed E-state index contributed by atoms with van der Waals surface area (Å²) in [5.74, 6) is 1.26. The van der Waals surface area contributed by atoms with Crippen molar-refractivity contribution in [3.8, 4) is 0 Å². The predicted molar refractivity (Wildman–Crippen MR) is 77.1 cm³/mol. The van der Waals surface area contributed by atoms with Gasteiger partial charge in [0.15, 0.2) is 0 Å². The molecule has 19 heavy (non-hydrogen) atoms. The summed E-state index contributed by atoms with van der Waals surface area (Å²) >= 11 is 0. The van der Waals surface area contributed by atoms with E-state index in [9.17, 15) is 9.90 Å². The molecule has 0 aromatic rings. The molecule has 0 amide bonds. The quantitative estimate of drug-likeness (QED) is 0.849. The molecule has 0 spiro atoms. The lowest BCUT2D eigenvalue weighted by Gasteiger charge is -2.38. The number of carbonyl (C=O) groups is 1. The second kappa shape index (κ2) is 6.25. The van der Waals surface area contributed by atoms with E-state index in [4.69, 9.17) is 0 Å². The fourth-order valence-corrected chi connectivity index (χ4v) is 4.22. The van der Waals surface area contributed by atoms with Crippen LogP contribution in [0, 0.1) is 17.8 Å². The SMILES string of the molecule is CC(C)CC1CCCC(N2CCC(C)C2C(=O)O)C1. The van der Waals surface area contributed by atoms with Crippen LogP contribution < -0.4 is 0 Å². The summed E-state index contributed by atoms with van der Waals surface area (Å²) in [6, 6.07) is 0.284. The van der Waals surface area contributed by atoms with Crippen LogP contribution in [0.15, 0.2) is 0 Å². The second-order valence-electron chi connectivity index (χ2n) is 7.10. The molecule has 3 heteroatoms. The Hall–Kier alpha value is -0.570. The number of likely N-dealkylation sites (tertiary alicyclic amines) is 1. The Morgan fingerprint density at radius 3 is 2.68 bits per heavy atom. The van der Waals surface area contributed by atoms with Gasteiger partial charge in [0.2, 0.25) is 0 Å². The Balaban J connectivity index is 1.98. The molecule has 2 aliphatic rings. The molecule has 1 saturated heterocycles. The van der Waals surface area contributed by atoms with Gasteiger partial charge in [-0.15, -0.1) is 0 Å². The second-order valence-corrected chi connectivity index (χ2v) is 7.10. The highest BCUT2D eigenvalue weighted by molar-refractivity contribution is 5.74. The van der Waals surface area contributed by atoms with Crippen LogP contribution in [0.1, 0.15) is 59.3 Å². The average molecular weight is 267 g/mol. The zero-order chi connectivity index (χ0) is 14.0. The van der Waals surface area contributed by atoms with Gasteiger partial charge in [0.05, 0.1) is 0 Å². The topological polar surface area (TPSA) is 40.5 Å². The molecule has 1 aliphatic heterocycles. The van der Waals surface area contributed by atoms with Crippen molar-refractivity contribution in [1.29, 1.82) is 0 Å². The summed E-state index contributed by atoms with van der Waals surface area (Å²) in [6.07, 6.45) is 7.38. The van der Waals surface area contributed by atoms with E-state index in [0.717, 1.165) is 24.8 Å². The van der Waals surface area contributed by atoms with Crippen LogP contribution in [0.3, 0.4) is 0 Å². The number of carboxylic acids is 1. The number of carboxylic acid groups (broad SMARTS) is 1. The molecule has 0 aromatic carbocycles. The maximum absolute atomic E-state index is 11.5. The van der Waals surface area contributed by atoms with Crippen molar-refractivity contribution in [2.45, 2.75) is 71.4 Å². The molecule has 0 bridgehead atoms. The number of rotatable bonds is 4. The highest BCUT2D eigenvalue weighted by atomic mass is 16.4. The maximum Gasteiger partial charge on any atom is 0.321 e. The Labute approximate surface area is 117 Å². The van der Waals surface area contributed by atoms with Gasteiger partial charge < -0.3 is 5.11 Å². The molecule has 0 radical (unpaired) electrons. The third-order valence-electron chi connectivity index (χ3n) is 5.02. The van der Waals surface area contributed by atoms with E-state index < -0.39 is 5.97 Å². The third-order valence-corrected chi connectivity index (χ3v) is 5.02. The minimum Gasteiger partial charge on any atom is -0.480 e. The summed E-state index contributed by atoms with van der Waals surface area (Å²) in [4.78, 5) is 13.8. The molecular weight excluding hydrogens is 238 g/mol. The Morgan fingerprint density at radius 2 is 2.05 bits per heavy atom. The van der Waals surface area contributed by atoms with E-state index >= 15 is 0 Å². The van der Waals surface area contributed by atoms with E-state index in [1.807, 2.05) is 0 Å². The van der Waals surface area contributed by atoms with E-state index in [2.05, 4.69) is 25.7 Å². The van der Waals surface area contributed by atoms with Gasteiger partial charge in [-0.25, -0.2) is 0 Å². The molecule has 0 aromatic heterocycles. The van der Waals surface area contributed by atoms with Crippen molar-refractivity contribution in [3.05, 3.63) is 0 Å². The average Bonchev–Trinajstić information content (AvgIpc) is 2.70. The summed E-state index contributed by atoms with van der Waals surface area (Å²) in [7, 11) is 0. The van der Waals surface area contributed by atoms with Crippen LogP contribution >= 0.6 is 0 Å². The molecule has 110 valence electrons. The monoisotopic (exact) mass is 267 g/mol. The Bertz CT molecular complexity index is 316. The number of hydrogen-bond acceptors (Lipinski definition) is 2. The molecule has 1 heterocycles. The molecule has 4 atom stereocenters. The molecular formula is C16H29NO2. The molecule has 2 fully saturated rings. The maximum atomic E-state index is 11.5. The predicted octanol–water partition coefficient (Wildman–Crippen LogP) is 3.39. The van der Waals surface area contributed by atoms with Crippen LogP contribution in [0.2, 0.25) is 0 Å². The van der Waals surface area contributed by atoms with Crippen LogP contribution in [-0.4, -0.2) is 34.6 Å². The summed E-state index contributed by atoms with van der Waals surface area (Å²) in [5.41, 5.74) is 0. The molecule has 1 saturated carbocycles. The lowest BCUT2D eigenvalue weighted by atomic mass is 9.80. The van der Waals surface area contributed by atoms with E-state index in [0.29, 0.717) is 12.0 Å². The first-order chi connectivity index (χ1) is 8.99. The van der Waals surface area contributed by atoms with E-state index in [1.54, 1.807) is 0 Å². The first-order valence-corrected chi connectivity index (χ1v) is 7.97. The van der Waals surface area contributed by atoms with Gasteiger partial charge in [-0.3, -0.25) is 9.69 Å². The third kappa shape index (κ3) is 3.50. The van der Waals surface area contributed by atoms with Crippen LogP contribution in [0.4, 0.5) is 0 Å². The summed E-state index contributed by atoms with van der Waals surface area (Å²) in [6.45, 7) is 7.66. The van der Waals surface area contributed by atoms with Crippen LogP contribution in [0.25, 0.3) is 0 Å². The first kappa shape index (κ1) is 14.8. The highest BCUT2D eigenvalue weighted by Crippen LogP contribution is 2.36. The zero-order valence-electron chi connectivity index (χ0n) is 12.6. The van der Waals surface area contributed by atoms with Crippen LogP contribution in [0.5, 0.6) is 0 Å². The highest BCUT2D eigenvalue weighted by Gasteiger charge is 2.41. The van der Waals surface area contributed by atoms with Crippen LogP contribution in [-0.2, 0) is 4.79 Å². The van der Waals surface area contributed by atoms with Crippen molar-refractivity contribution in [1.82, 2.24) is 4.90 Å². The summed E-state index contributed by atoms with van der Waals surface area (Å²) < 4.78 is 0. The lowest BCUT2D eigenvalue weighted by Crippen LogP contribution is -2.47. The Morgan fingerprint density at radius 1 is 1.32 bits per heavy atom. The van der Waals surface area contributed by atoms with E-state index in [-0.39, 0.29) is 6.04 Å². The minimum absolute atomic E-state index is 0.234. The van der Waals surface area contributed by atoms with Crippen molar-refractivity contribution < 1.29 is 9.90 Å². The van der Waals surface area contributed by atoms with Crippen molar-refractivity contribution in [2.24, 2.45) is 17.8 Å². The van der Waals surface area contributed by atoms with Gasteiger partial charge in [-0.05, 0) is 50.0 Å². The van der Waals surface area contributed by atoms with Gasteiger partial charge in [0, 0.05) is 6.04 Å². The van der Waals surface area contributed by atoms with Crippen molar-refractivity contribution in [2.75, 3.05) is 6.54 Å². The normalized spacial score (nSPS) is 36.8. The minimum atomic E-state index is -0.615. The van der Waals surface area contributed by atoms with E-state index in [1.165, 1.54) is 32.1 Å². The van der Waals surface area contributed by atoms with Gasteiger partial charge in [0.1, 0.15) is 6.04 Å². The number of hydrogen-bond donors (Lipinski definition) is 1. The van der Waals surface area contributed by atoms with Crippen molar-refractivity contribution in [3.63, 3.8) is 0 Å². The Kier molecular flexibility index (Phi) is 4.88. The molecule has 1 N–H and O–H groups in total. The molecule has 2 rings (SSSR count). The molecule has 1 aliphatic carbocycles. The van der Waals surface area contributed by atoms with Gasteiger partial charge in [-0.1, -0.05) is 33.6 Å². The molecule has 3 nitrogen and oxygen atoms in total. The lowest BCUT2D eigenvalue weighted by molar-refractivity contribution is -0.144. The number of nitrogens with zero attached hydrogens (tertiary/aromatic N) is 1. The molecule has 4 unspecified atom stereocenters. The standard InChI is InChI=1S/C16H29NO2/c1-11(2)9-13-5-4-6-14(10-13)17-8-7-12(3)15(17)16(18)19/h11-15H,4-10H2,1-3H3,(H,18,19). The fourth-order valence-electron chi connectivity index (χ4n) is 4.22.